The number of ether oxygens (including phenoxy) is 1. The SMILES string of the molecule is CCCCCN1CCN(c2ccc(N3CCOCC3)cc2C2CCC(C(C)(C)C)CC2)CC1. The number of morpholine rings is 1. The molecule has 1 aliphatic carbocycles. The maximum Gasteiger partial charge on any atom is 0.0642 e. The Labute approximate surface area is 203 Å². The molecule has 1 saturated carbocycles. The molecule has 3 aliphatic rings. The van der Waals surface area contributed by atoms with E-state index in [1.54, 1.807) is 5.56 Å². The largest absolute Gasteiger partial charge is 0.378 e. The van der Waals surface area contributed by atoms with Crippen LogP contribution in [-0.4, -0.2) is 63.9 Å². The maximum atomic E-state index is 5.62. The number of nitrogens with zero attached hydrogens (tertiary/aromatic N) is 3. The first-order valence-electron chi connectivity index (χ1n) is 13.9. The fourth-order valence-corrected chi connectivity index (χ4v) is 6.24. The number of hydrogen-bond acceptors (Lipinski definition) is 4. The van der Waals surface area contributed by atoms with Gasteiger partial charge in [0, 0.05) is 50.6 Å². The molecule has 2 saturated heterocycles. The van der Waals surface area contributed by atoms with E-state index in [2.05, 4.69) is 60.6 Å². The van der Waals surface area contributed by atoms with Gasteiger partial charge in [-0.2, -0.15) is 0 Å². The van der Waals surface area contributed by atoms with Crippen molar-refractivity contribution in [2.75, 3.05) is 68.8 Å². The van der Waals surface area contributed by atoms with E-state index in [-0.39, 0.29) is 0 Å². The molecule has 2 aliphatic heterocycles. The van der Waals surface area contributed by atoms with Crippen molar-refractivity contribution in [2.45, 2.75) is 78.6 Å². The summed E-state index contributed by atoms with van der Waals surface area (Å²) in [6.07, 6.45) is 9.48. The zero-order chi connectivity index (χ0) is 23.3. The van der Waals surface area contributed by atoms with Crippen molar-refractivity contribution in [3.05, 3.63) is 23.8 Å². The quantitative estimate of drug-likeness (QED) is 0.459. The number of piperazine rings is 1. The molecule has 2 heterocycles. The first-order valence-corrected chi connectivity index (χ1v) is 13.9. The van der Waals surface area contributed by atoms with Gasteiger partial charge in [-0.3, -0.25) is 4.90 Å². The fraction of sp³-hybridized carbons (Fsp3) is 0.793. The van der Waals surface area contributed by atoms with Crippen molar-refractivity contribution < 1.29 is 4.74 Å². The van der Waals surface area contributed by atoms with Gasteiger partial charge in [0.2, 0.25) is 0 Å². The Kier molecular flexibility index (Phi) is 8.62. The van der Waals surface area contributed by atoms with Crippen molar-refractivity contribution in [3.8, 4) is 0 Å². The Hall–Kier alpha value is -1.26. The predicted molar refractivity (Wildman–Crippen MR) is 142 cm³/mol. The van der Waals surface area contributed by atoms with Crippen LogP contribution in [0.3, 0.4) is 0 Å². The third-order valence-electron chi connectivity index (χ3n) is 8.57. The highest BCUT2D eigenvalue weighted by Crippen LogP contribution is 2.46. The number of anilines is 2. The van der Waals surface area contributed by atoms with Crippen molar-refractivity contribution in [3.63, 3.8) is 0 Å². The van der Waals surface area contributed by atoms with Crippen LogP contribution in [-0.2, 0) is 4.74 Å². The van der Waals surface area contributed by atoms with E-state index in [1.165, 1.54) is 89.0 Å². The van der Waals surface area contributed by atoms with Crippen LogP contribution < -0.4 is 9.80 Å². The minimum Gasteiger partial charge on any atom is -0.378 e. The number of unbranched alkanes of at least 4 members (excludes halogenated alkanes) is 2. The summed E-state index contributed by atoms with van der Waals surface area (Å²) >= 11 is 0. The van der Waals surface area contributed by atoms with E-state index in [0.717, 1.165) is 32.2 Å². The van der Waals surface area contributed by atoms with Crippen LogP contribution in [0, 0.1) is 11.3 Å². The van der Waals surface area contributed by atoms with Crippen molar-refractivity contribution >= 4 is 11.4 Å². The van der Waals surface area contributed by atoms with Crippen molar-refractivity contribution in [2.24, 2.45) is 11.3 Å². The van der Waals surface area contributed by atoms with Crippen LogP contribution in [0.4, 0.5) is 11.4 Å². The lowest BCUT2D eigenvalue weighted by molar-refractivity contribution is 0.122. The van der Waals surface area contributed by atoms with Gasteiger partial charge < -0.3 is 14.5 Å². The molecule has 4 rings (SSSR count). The first kappa shape index (κ1) is 24.9. The molecule has 0 aromatic heterocycles. The van der Waals surface area contributed by atoms with Crippen LogP contribution in [0.1, 0.15) is 84.1 Å². The monoisotopic (exact) mass is 455 g/mol. The summed E-state index contributed by atoms with van der Waals surface area (Å²) in [6.45, 7) is 19.4. The Morgan fingerprint density at radius 3 is 2.18 bits per heavy atom. The average molecular weight is 456 g/mol. The Morgan fingerprint density at radius 2 is 1.55 bits per heavy atom. The van der Waals surface area contributed by atoms with E-state index in [9.17, 15) is 0 Å². The smallest absolute Gasteiger partial charge is 0.0642 e. The molecule has 0 N–H and O–H groups in total. The minimum absolute atomic E-state index is 0.442. The number of rotatable bonds is 7. The van der Waals surface area contributed by atoms with Gasteiger partial charge in [-0.05, 0) is 79.7 Å². The van der Waals surface area contributed by atoms with E-state index in [0.29, 0.717) is 11.3 Å². The van der Waals surface area contributed by atoms with Gasteiger partial charge >= 0.3 is 0 Å². The van der Waals surface area contributed by atoms with Crippen LogP contribution in [0.2, 0.25) is 0 Å². The van der Waals surface area contributed by atoms with E-state index in [4.69, 9.17) is 4.74 Å². The van der Waals surface area contributed by atoms with E-state index >= 15 is 0 Å². The minimum atomic E-state index is 0.442. The highest BCUT2D eigenvalue weighted by molar-refractivity contribution is 5.63. The summed E-state index contributed by atoms with van der Waals surface area (Å²) in [5.74, 6) is 1.58. The van der Waals surface area contributed by atoms with Gasteiger partial charge in [0.25, 0.3) is 0 Å². The lowest BCUT2D eigenvalue weighted by atomic mass is 9.68. The molecule has 0 radical (unpaired) electrons. The second-order valence-electron chi connectivity index (χ2n) is 11.8. The zero-order valence-corrected chi connectivity index (χ0v) is 22.0. The summed E-state index contributed by atoms with van der Waals surface area (Å²) in [4.78, 5) is 7.91. The highest BCUT2D eigenvalue weighted by Gasteiger charge is 2.32. The number of benzene rings is 1. The standard InChI is InChI=1S/C29H49N3O/c1-5-6-7-14-30-15-17-32(18-16-30)28-13-12-26(31-19-21-33-22-20-31)23-27(28)24-8-10-25(11-9-24)29(2,3)4/h12-13,23-25H,5-11,14-22H2,1-4H3. The van der Waals surface area contributed by atoms with E-state index < -0.39 is 0 Å². The molecule has 186 valence electrons. The number of hydrogen-bond donors (Lipinski definition) is 0. The molecule has 0 bridgehead atoms. The summed E-state index contributed by atoms with van der Waals surface area (Å²) < 4.78 is 5.62. The third-order valence-corrected chi connectivity index (χ3v) is 8.57. The van der Waals surface area contributed by atoms with Crippen molar-refractivity contribution in [1.29, 1.82) is 0 Å². The molecule has 0 atom stereocenters. The van der Waals surface area contributed by atoms with Gasteiger partial charge in [-0.15, -0.1) is 0 Å². The molecular formula is C29H49N3O. The zero-order valence-electron chi connectivity index (χ0n) is 22.0. The second kappa shape index (κ2) is 11.4. The summed E-state index contributed by atoms with van der Waals surface area (Å²) in [5.41, 5.74) is 5.01. The summed E-state index contributed by atoms with van der Waals surface area (Å²) in [6, 6.07) is 7.41. The lowest BCUT2D eigenvalue weighted by Crippen LogP contribution is -2.47. The fourth-order valence-electron chi connectivity index (χ4n) is 6.24. The Bertz CT molecular complexity index is 721. The van der Waals surface area contributed by atoms with Gasteiger partial charge in [0.1, 0.15) is 0 Å². The van der Waals surface area contributed by atoms with Gasteiger partial charge in [0.05, 0.1) is 13.2 Å². The summed E-state index contributed by atoms with van der Waals surface area (Å²) in [5, 5.41) is 0. The van der Waals surface area contributed by atoms with Crippen LogP contribution >= 0.6 is 0 Å². The third kappa shape index (κ3) is 6.45. The molecule has 3 fully saturated rings. The molecular weight excluding hydrogens is 406 g/mol. The van der Waals surface area contributed by atoms with Crippen LogP contribution in [0.5, 0.6) is 0 Å². The average Bonchev–Trinajstić information content (AvgIpc) is 2.84. The predicted octanol–water partition coefficient (Wildman–Crippen LogP) is 6.16. The topological polar surface area (TPSA) is 19.0 Å². The molecule has 0 amide bonds. The second-order valence-corrected chi connectivity index (χ2v) is 11.8. The molecule has 4 heteroatoms. The van der Waals surface area contributed by atoms with Crippen LogP contribution in [0.15, 0.2) is 18.2 Å². The summed E-state index contributed by atoms with van der Waals surface area (Å²) in [7, 11) is 0. The molecule has 0 spiro atoms. The van der Waals surface area contributed by atoms with Crippen molar-refractivity contribution in [1.82, 2.24) is 4.90 Å². The molecule has 1 aromatic rings. The Balaban J connectivity index is 1.49. The van der Waals surface area contributed by atoms with Gasteiger partial charge in [0.15, 0.2) is 0 Å². The molecule has 1 aromatic carbocycles. The maximum absolute atomic E-state index is 5.62. The van der Waals surface area contributed by atoms with Gasteiger partial charge in [-0.25, -0.2) is 0 Å². The Morgan fingerprint density at radius 1 is 0.848 bits per heavy atom. The van der Waals surface area contributed by atoms with Crippen LogP contribution in [0.25, 0.3) is 0 Å². The molecule has 33 heavy (non-hydrogen) atoms. The lowest BCUT2D eigenvalue weighted by Gasteiger charge is -2.41. The molecule has 4 nitrogen and oxygen atoms in total. The normalized spacial score (nSPS) is 25.5. The van der Waals surface area contributed by atoms with E-state index in [1.807, 2.05) is 0 Å². The highest BCUT2D eigenvalue weighted by atomic mass is 16.5. The first-order chi connectivity index (χ1) is 16.0. The molecule has 0 unspecified atom stereocenters. The van der Waals surface area contributed by atoms with Gasteiger partial charge in [-0.1, -0.05) is 40.5 Å².